The third-order valence-electron chi connectivity index (χ3n) is 4.16. The van der Waals surface area contributed by atoms with E-state index < -0.39 is 20.6 Å². The minimum absolute atomic E-state index is 0.0102. The van der Waals surface area contributed by atoms with Crippen molar-refractivity contribution in [2.45, 2.75) is 45.3 Å². The fraction of sp³-hybridized carbons (Fsp3) is 0.400. The maximum atomic E-state index is 12.6. The standard InChI is InChI=1S/C20H26N2O6S/c1-5-21(6-2)29(25,26)18-11-12-20(19(13-18)22(23)24)27-14-16-7-9-17(10-8-16)28-15(3)4/h7-13,15H,5-6,14H2,1-4H3. The zero-order chi connectivity index (χ0) is 21.6. The molecule has 2 rings (SSSR count). The van der Waals surface area contributed by atoms with Gasteiger partial charge in [-0.15, -0.1) is 0 Å². The van der Waals surface area contributed by atoms with Gasteiger partial charge in [-0.3, -0.25) is 10.1 Å². The highest BCUT2D eigenvalue weighted by Gasteiger charge is 2.26. The minimum atomic E-state index is -3.80. The topological polar surface area (TPSA) is 99.0 Å². The van der Waals surface area contributed by atoms with Crippen LogP contribution in [0.4, 0.5) is 5.69 Å². The maximum absolute atomic E-state index is 12.6. The Morgan fingerprint density at radius 2 is 1.69 bits per heavy atom. The van der Waals surface area contributed by atoms with Crippen LogP contribution < -0.4 is 9.47 Å². The molecule has 158 valence electrons. The molecule has 0 radical (unpaired) electrons. The van der Waals surface area contributed by atoms with Crippen molar-refractivity contribution in [1.29, 1.82) is 0 Å². The van der Waals surface area contributed by atoms with Crippen molar-refractivity contribution in [3.63, 3.8) is 0 Å². The first kappa shape index (κ1) is 22.6. The van der Waals surface area contributed by atoms with E-state index in [1.807, 2.05) is 26.0 Å². The summed E-state index contributed by atoms with van der Waals surface area (Å²) in [6.45, 7) is 7.95. The van der Waals surface area contributed by atoms with Crippen LogP contribution in [0, 0.1) is 10.1 Å². The first-order valence-electron chi connectivity index (χ1n) is 9.36. The van der Waals surface area contributed by atoms with E-state index in [0.29, 0.717) is 0 Å². The van der Waals surface area contributed by atoms with Gasteiger partial charge in [0, 0.05) is 19.2 Å². The number of rotatable bonds is 10. The summed E-state index contributed by atoms with van der Waals surface area (Å²) < 4.78 is 37.7. The number of sulfonamides is 1. The number of nitrogens with zero attached hydrogens (tertiary/aromatic N) is 2. The molecule has 8 nitrogen and oxygen atoms in total. The lowest BCUT2D eigenvalue weighted by Gasteiger charge is -2.18. The van der Waals surface area contributed by atoms with Gasteiger partial charge in [0.1, 0.15) is 12.4 Å². The lowest BCUT2D eigenvalue weighted by Crippen LogP contribution is -2.30. The van der Waals surface area contributed by atoms with Gasteiger partial charge in [-0.05, 0) is 43.7 Å². The highest BCUT2D eigenvalue weighted by molar-refractivity contribution is 7.89. The molecule has 0 saturated carbocycles. The number of benzene rings is 2. The van der Waals surface area contributed by atoms with Gasteiger partial charge in [0.25, 0.3) is 0 Å². The second-order valence-corrected chi connectivity index (χ2v) is 8.51. The molecular weight excluding hydrogens is 396 g/mol. The molecule has 0 heterocycles. The fourth-order valence-corrected chi connectivity index (χ4v) is 4.21. The van der Waals surface area contributed by atoms with E-state index in [1.54, 1.807) is 26.0 Å². The Kier molecular flexibility index (Phi) is 7.58. The zero-order valence-corrected chi connectivity index (χ0v) is 17.8. The van der Waals surface area contributed by atoms with E-state index in [-0.39, 0.29) is 36.4 Å². The third-order valence-corrected chi connectivity index (χ3v) is 6.21. The number of hydrogen-bond donors (Lipinski definition) is 0. The van der Waals surface area contributed by atoms with Crippen molar-refractivity contribution < 1.29 is 22.8 Å². The zero-order valence-electron chi connectivity index (χ0n) is 17.0. The molecule has 0 unspecified atom stereocenters. The second-order valence-electron chi connectivity index (χ2n) is 6.58. The Hall–Kier alpha value is -2.65. The van der Waals surface area contributed by atoms with Crippen molar-refractivity contribution in [2.24, 2.45) is 0 Å². The summed E-state index contributed by atoms with van der Waals surface area (Å²) in [7, 11) is -3.80. The first-order valence-corrected chi connectivity index (χ1v) is 10.8. The number of nitro benzene ring substituents is 1. The molecule has 2 aromatic rings. The van der Waals surface area contributed by atoms with Gasteiger partial charge in [0.15, 0.2) is 5.75 Å². The van der Waals surface area contributed by atoms with Gasteiger partial charge < -0.3 is 9.47 Å². The molecule has 0 atom stereocenters. The molecule has 2 aromatic carbocycles. The third kappa shape index (κ3) is 5.68. The molecule has 0 bridgehead atoms. The monoisotopic (exact) mass is 422 g/mol. The van der Waals surface area contributed by atoms with Crippen LogP contribution in [-0.2, 0) is 16.6 Å². The molecule has 9 heteroatoms. The molecule has 0 aliphatic rings. The number of nitro groups is 1. The Balaban J connectivity index is 2.22. The van der Waals surface area contributed by atoms with E-state index in [0.717, 1.165) is 17.4 Å². The van der Waals surface area contributed by atoms with Crippen LogP contribution in [0.3, 0.4) is 0 Å². The predicted octanol–water partition coefficient (Wildman–Crippen LogP) is 3.99. The van der Waals surface area contributed by atoms with Gasteiger partial charge in [-0.25, -0.2) is 8.42 Å². The lowest BCUT2D eigenvalue weighted by molar-refractivity contribution is -0.386. The van der Waals surface area contributed by atoms with Crippen LogP contribution in [0.1, 0.15) is 33.3 Å². The van der Waals surface area contributed by atoms with Crippen molar-refractivity contribution in [3.05, 3.63) is 58.1 Å². The average molecular weight is 423 g/mol. The lowest BCUT2D eigenvalue weighted by atomic mass is 10.2. The molecule has 0 aliphatic carbocycles. The van der Waals surface area contributed by atoms with Crippen LogP contribution in [-0.4, -0.2) is 36.8 Å². The van der Waals surface area contributed by atoms with Gasteiger partial charge in [-0.2, -0.15) is 4.31 Å². The van der Waals surface area contributed by atoms with Gasteiger partial charge in [0.2, 0.25) is 10.0 Å². The summed E-state index contributed by atoms with van der Waals surface area (Å²) in [6, 6.07) is 10.9. The summed E-state index contributed by atoms with van der Waals surface area (Å²) in [5.74, 6) is 0.733. The second kappa shape index (κ2) is 9.71. The van der Waals surface area contributed by atoms with Gasteiger partial charge in [-0.1, -0.05) is 26.0 Å². The molecule has 0 N–H and O–H groups in total. The van der Waals surface area contributed by atoms with E-state index in [2.05, 4.69) is 0 Å². The predicted molar refractivity (Wildman–Crippen MR) is 110 cm³/mol. The van der Waals surface area contributed by atoms with Crippen LogP contribution in [0.15, 0.2) is 47.4 Å². The van der Waals surface area contributed by atoms with E-state index in [4.69, 9.17) is 9.47 Å². The van der Waals surface area contributed by atoms with Crippen LogP contribution in [0.25, 0.3) is 0 Å². The normalized spacial score (nSPS) is 11.7. The Bertz CT molecular complexity index is 938. The Morgan fingerprint density at radius 3 is 2.21 bits per heavy atom. The van der Waals surface area contributed by atoms with Crippen molar-refractivity contribution in [1.82, 2.24) is 4.31 Å². The summed E-state index contributed by atoms with van der Waals surface area (Å²) in [5, 5.41) is 11.5. The largest absolute Gasteiger partial charge is 0.491 e. The molecular formula is C20H26N2O6S. The minimum Gasteiger partial charge on any atom is -0.491 e. The summed E-state index contributed by atoms with van der Waals surface area (Å²) >= 11 is 0. The van der Waals surface area contributed by atoms with Crippen LogP contribution >= 0.6 is 0 Å². The molecule has 0 aromatic heterocycles. The smallest absolute Gasteiger partial charge is 0.312 e. The van der Waals surface area contributed by atoms with Crippen LogP contribution in [0.2, 0.25) is 0 Å². The Labute approximate surface area is 171 Å². The van der Waals surface area contributed by atoms with Gasteiger partial charge in [0.05, 0.1) is 15.9 Å². The van der Waals surface area contributed by atoms with Gasteiger partial charge >= 0.3 is 5.69 Å². The highest BCUT2D eigenvalue weighted by Crippen LogP contribution is 2.31. The molecule has 0 saturated heterocycles. The number of hydrogen-bond acceptors (Lipinski definition) is 6. The van der Waals surface area contributed by atoms with Crippen molar-refractivity contribution in [3.8, 4) is 11.5 Å². The molecule has 0 amide bonds. The summed E-state index contributed by atoms with van der Waals surface area (Å²) in [4.78, 5) is 10.7. The summed E-state index contributed by atoms with van der Waals surface area (Å²) in [5.41, 5.74) is 0.410. The average Bonchev–Trinajstić information content (AvgIpc) is 2.67. The number of ether oxygens (including phenoxy) is 2. The Morgan fingerprint density at radius 1 is 1.07 bits per heavy atom. The van der Waals surface area contributed by atoms with E-state index >= 15 is 0 Å². The summed E-state index contributed by atoms with van der Waals surface area (Å²) in [6.07, 6.45) is 0.0610. The SMILES string of the molecule is CCN(CC)S(=O)(=O)c1ccc(OCc2ccc(OC(C)C)cc2)c([N+](=O)[O-])c1. The van der Waals surface area contributed by atoms with E-state index in [1.165, 1.54) is 16.4 Å². The van der Waals surface area contributed by atoms with E-state index in [9.17, 15) is 18.5 Å². The molecule has 29 heavy (non-hydrogen) atoms. The maximum Gasteiger partial charge on any atom is 0.312 e. The first-order chi connectivity index (χ1) is 13.7. The van der Waals surface area contributed by atoms with Crippen LogP contribution in [0.5, 0.6) is 11.5 Å². The highest BCUT2D eigenvalue weighted by atomic mass is 32.2. The fourth-order valence-electron chi connectivity index (χ4n) is 2.73. The molecule has 0 aliphatic heterocycles. The quantitative estimate of drug-likeness (QED) is 0.424. The molecule has 0 spiro atoms. The molecule has 0 fully saturated rings. The van der Waals surface area contributed by atoms with Crippen molar-refractivity contribution >= 4 is 15.7 Å². The van der Waals surface area contributed by atoms with Crippen molar-refractivity contribution in [2.75, 3.05) is 13.1 Å².